The summed E-state index contributed by atoms with van der Waals surface area (Å²) < 4.78 is 26.3. The Morgan fingerprint density at radius 1 is 1.35 bits per heavy atom. The maximum atomic E-state index is 11.4. The van der Waals surface area contributed by atoms with Crippen molar-refractivity contribution < 1.29 is 17.4 Å². The average molecular weight is 295 g/mol. The number of nitrogens with one attached hydrogen (secondary N) is 1. The molecule has 0 heterocycles. The molecule has 0 spiro atoms. The first-order valence-corrected chi connectivity index (χ1v) is 7.89. The number of carbonyl (C=O) groups excluding carboxylic acids is 1. The van der Waals surface area contributed by atoms with Crippen LogP contribution in [0.2, 0.25) is 0 Å². The van der Waals surface area contributed by atoms with Gasteiger partial charge in [0.25, 0.3) is 10.1 Å². The lowest BCUT2D eigenvalue weighted by atomic mass is 10.1. The van der Waals surface area contributed by atoms with Crippen LogP contribution in [0.25, 0.3) is 0 Å². The van der Waals surface area contributed by atoms with Crippen molar-refractivity contribution in [3.63, 3.8) is 0 Å². The van der Waals surface area contributed by atoms with E-state index in [0.29, 0.717) is 24.9 Å². The maximum Gasteiger partial charge on any atom is 0.264 e. The molecule has 20 heavy (non-hydrogen) atoms. The van der Waals surface area contributed by atoms with Crippen LogP contribution in [-0.4, -0.2) is 27.2 Å². The van der Waals surface area contributed by atoms with Gasteiger partial charge in [-0.3, -0.25) is 8.98 Å². The fourth-order valence-electron chi connectivity index (χ4n) is 1.47. The van der Waals surface area contributed by atoms with Gasteiger partial charge in [0, 0.05) is 18.5 Å². The van der Waals surface area contributed by atoms with Crippen LogP contribution in [0.5, 0.6) is 0 Å². The van der Waals surface area contributed by atoms with E-state index in [9.17, 15) is 13.2 Å². The third kappa shape index (κ3) is 6.92. The number of terminal acetylenes is 1. The molecule has 108 valence electrons. The lowest BCUT2D eigenvalue weighted by Crippen LogP contribution is -2.10. The van der Waals surface area contributed by atoms with Crippen molar-refractivity contribution in [2.24, 2.45) is 0 Å². The van der Waals surface area contributed by atoms with E-state index in [1.807, 2.05) is 12.1 Å². The summed E-state index contributed by atoms with van der Waals surface area (Å²) in [6.07, 6.45) is 7.28. The minimum absolute atomic E-state index is 0.104. The van der Waals surface area contributed by atoms with E-state index in [1.54, 1.807) is 12.1 Å². The van der Waals surface area contributed by atoms with Crippen LogP contribution in [-0.2, 0) is 25.5 Å². The van der Waals surface area contributed by atoms with Gasteiger partial charge in [-0.15, -0.1) is 12.3 Å². The van der Waals surface area contributed by atoms with Gasteiger partial charge in [0.15, 0.2) is 0 Å². The normalized spacial score (nSPS) is 10.8. The lowest BCUT2D eigenvalue weighted by Gasteiger charge is -2.06. The Morgan fingerprint density at radius 2 is 2.00 bits per heavy atom. The highest BCUT2D eigenvalue weighted by molar-refractivity contribution is 7.85. The highest BCUT2D eigenvalue weighted by atomic mass is 32.2. The predicted octanol–water partition coefficient (Wildman–Crippen LogP) is 1.56. The molecule has 5 nitrogen and oxygen atoms in total. The fraction of sp³-hybridized carbons (Fsp3) is 0.357. The highest BCUT2D eigenvalue weighted by Crippen LogP contribution is 2.11. The second kappa shape index (κ2) is 7.68. The summed E-state index contributed by atoms with van der Waals surface area (Å²) >= 11 is 0. The Labute approximate surface area is 119 Å². The number of hydrogen-bond donors (Lipinski definition) is 1. The van der Waals surface area contributed by atoms with E-state index < -0.39 is 10.1 Å². The second-order valence-corrected chi connectivity index (χ2v) is 5.87. The summed E-state index contributed by atoms with van der Waals surface area (Å²) in [6, 6.07) is 7.12. The molecule has 0 saturated carbocycles. The number of hydrogen-bond acceptors (Lipinski definition) is 4. The van der Waals surface area contributed by atoms with Gasteiger partial charge in [-0.05, 0) is 24.1 Å². The van der Waals surface area contributed by atoms with E-state index in [0.717, 1.165) is 11.8 Å². The zero-order valence-corrected chi connectivity index (χ0v) is 12.1. The molecule has 0 atom stereocenters. The number of amides is 1. The van der Waals surface area contributed by atoms with Gasteiger partial charge in [0.2, 0.25) is 5.91 Å². The van der Waals surface area contributed by atoms with Crippen molar-refractivity contribution in [3.05, 3.63) is 29.8 Å². The van der Waals surface area contributed by atoms with Crippen molar-refractivity contribution >= 4 is 21.7 Å². The summed E-state index contributed by atoms with van der Waals surface area (Å²) in [6.45, 7) is 0.104. The van der Waals surface area contributed by atoms with Crippen LogP contribution < -0.4 is 5.32 Å². The van der Waals surface area contributed by atoms with E-state index in [4.69, 9.17) is 6.42 Å². The lowest BCUT2D eigenvalue weighted by molar-refractivity contribution is -0.116. The van der Waals surface area contributed by atoms with Crippen molar-refractivity contribution in [3.8, 4) is 12.3 Å². The van der Waals surface area contributed by atoms with Gasteiger partial charge >= 0.3 is 0 Å². The fourth-order valence-corrected chi connectivity index (χ4v) is 1.86. The molecule has 0 bridgehead atoms. The SMILES string of the molecule is C#CCCC(=O)Nc1ccc(CCOS(C)(=O)=O)cc1. The Hall–Kier alpha value is -1.84. The third-order valence-electron chi connectivity index (χ3n) is 2.42. The smallest absolute Gasteiger partial charge is 0.264 e. The summed E-state index contributed by atoms with van der Waals surface area (Å²) in [5, 5.41) is 2.72. The largest absolute Gasteiger partial charge is 0.326 e. The monoisotopic (exact) mass is 295 g/mol. The first-order valence-electron chi connectivity index (χ1n) is 6.07. The highest BCUT2D eigenvalue weighted by Gasteiger charge is 2.03. The zero-order valence-electron chi connectivity index (χ0n) is 11.3. The van der Waals surface area contributed by atoms with Gasteiger partial charge < -0.3 is 5.32 Å². The Morgan fingerprint density at radius 3 is 2.55 bits per heavy atom. The first-order chi connectivity index (χ1) is 9.40. The van der Waals surface area contributed by atoms with Crippen molar-refractivity contribution in [2.75, 3.05) is 18.2 Å². The average Bonchev–Trinajstić information content (AvgIpc) is 2.37. The van der Waals surface area contributed by atoms with Gasteiger partial charge in [-0.25, -0.2) is 0 Å². The molecule has 0 saturated heterocycles. The molecule has 1 aromatic carbocycles. The van der Waals surface area contributed by atoms with Gasteiger partial charge in [0.1, 0.15) is 0 Å². The number of rotatable bonds is 7. The van der Waals surface area contributed by atoms with Crippen LogP contribution in [0.15, 0.2) is 24.3 Å². The number of benzene rings is 1. The molecule has 0 aliphatic carbocycles. The number of carbonyl (C=O) groups is 1. The molecule has 1 amide bonds. The molecule has 0 aliphatic heterocycles. The van der Waals surface area contributed by atoms with Gasteiger partial charge in [0.05, 0.1) is 12.9 Å². The molecule has 6 heteroatoms. The summed E-state index contributed by atoms with van der Waals surface area (Å²) in [7, 11) is -3.40. The molecule has 1 rings (SSSR count). The predicted molar refractivity (Wildman–Crippen MR) is 77.6 cm³/mol. The van der Waals surface area contributed by atoms with E-state index >= 15 is 0 Å². The van der Waals surface area contributed by atoms with Crippen LogP contribution in [0.1, 0.15) is 18.4 Å². The second-order valence-electron chi connectivity index (χ2n) is 4.23. The van der Waals surface area contributed by atoms with Crippen molar-refractivity contribution in [2.45, 2.75) is 19.3 Å². The molecule has 0 aromatic heterocycles. The molecule has 0 fully saturated rings. The maximum absolute atomic E-state index is 11.4. The quantitative estimate of drug-likeness (QED) is 0.612. The van der Waals surface area contributed by atoms with Crippen molar-refractivity contribution in [1.29, 1.82) is 0 Å². The van der Waals surface area contributed by atoms with E-state index in [1.165, 1.54) is 0 Å². The van der Waals surface area contributed by atoms with E-state index in [-0.39, 0.29) is 12.5 Å². The van der Waals surface area contributed by atoms with Crippen LogP contribution in [0.4, 0.5) is 5.69 Å². The molecule has 1 aromatic rings. The molecule has 0 radical (unpaired) electrons. The number of anilines is 1. The topological polar surface area (TPSA) is 72.5 Å². The molecular weight excluding hydrogens is 278 g/mol. The van der Waals surface area contributed by atoms with Gasteiger partial charge in [-0.2, -0.15) is 8.42 Å². The Balaban J connectivity index is 2.44. The molecular formula is C14H17NO4S. The molecule has 0 unspecified atom stereocenters. The Bertz CT molecular complexity index is 585. The molecule has 0 aliphatic rings. The zero-order chi connectivity index (χ0) is 15.0. The minimum atomic E-state index is -3.40. The Kier molecular flexibility index (Phi) is 6.22. The van der Waals surface area contributed by atoms with Crippen LogP contribution in [0, 0.1) is 12.3 Å². The first kappa shape index (κ1) is 16.2. The minimum Gasteiger partial charge on any atom is -0.326 e. The van der Waals surface area contributed by atoms with E-state index in [2.05, 4.69) is 15.4 Å². The van der Waals surface area contributed by atoms with Crippen LogP contribution >= 0.6 is 0 Å². The van der Waals surface area contributed by atoms with Crippen molar-refractivity contribution in [1.82, 2.24) is 0 Å². The summed E-state index contributed by atoms with van der Waals surface area (Å²) in [5.74, 6) is 2.28. The van der Waals surface area contributed by atoms with Crippen LogP contribution in [0.3, 0.4) is 0 Å². The standard InChI is InChI=1S/C14H17NO4S/c1-3-4-5-14(16)15-13-8-6-12(7-9-13)10-11-19-20(2,17)18/h1,6-9H,4-5,10-11H2,2H3,(H,15,16). The third-order valence-corrected chi connectivity index (χ3v) is 3.02. The van der Waals surface area contributed by atoms with Gasteiger partial charge in [-0.1, -0.05) is 12.1 Å². The summed E-state index contributed by atoms with van der Waals surface area (Å²) in [4.78, 5) is 11.4. The molecule has 1 N–H and O–H groups in total. The summed E-state index contributed by atoms with van der Waals surface area (Å²) in [5.41, 5.74) is 1.61.